The molecule has 2 aromatic carbocycles. The van der Waals surface area contributed by atoms with Gasteiger partial charge in [0, 0.05) is 5.92 Å². The third-order valence-corrected chi connectivity index (χ3v) is 8.63. The molecule has 2 atom stereocenters. The lowest BCUT2D eigenvalue weighted by molar-refractivity contribution is -0.110. The molecule has 0 unspecified atom stereocenters. The van der Waals surface area contributed by atoms with Gasteiger partial charge in [0.15, 0.2) is 0 Å². The van der Waals surface area contributed by atoms with Crippen molar-refractivity contribution in [3.8, 4) is 0 Å². The summed E-state index contributed by atoms with van der Waals surface area (Å²) < 4.78 is 0. The Kier molecular flexibility index (Phi) is 5.50. The molecule has 0 amide bonds. The fourth-order valence-electron chi connectivity index (χ4n) is 3.00. The minimum atomic E-state index is -1.76. The summed E-state index contributed by atoms with van der Waals surface area (Å²) in [5.74, 6) is 0.0295. The summed E-state index contributed by atoms with van der Waals surface area (Å²) in [7, 11) is -1.76. The number of hydrogen-bond acceptors (Lipinski definition) is 1. The fourth-order valence-corrected chi connectivity index (χ4v) is 6.40. The zero-order chi connectivity index (χ0) is 16.0. The van der Waals surface area contributed by atoms with Gasteiger partial charge in [-0.05, 0) is 11.1 Å². The second-order valence-corrected chi connectivity index (χ2v) is 11.1. The van der Waals surface area contributed by atoms with E-state index in [0.717, 1.165) is 6.29 Å². The lowest BCUT2D eigenvalue weighted by atomic mass is 10.1. The van der Waals surface area contributed by atoms with E-state index in [1.165, 1.54) is 10.8 Å². The summed E-state index contributed by atoms with van der Waals surface area (Å²) in [4.78, 5) is 11.4. The molecule has 2 rings (SSSR count). The van der Waals surface area contributed by atoms with E-state index in [1.54, 1.807) is 0 Å². The highest BCUT2D eigenvalue weighted by Crippen LogP contribution is 2.31. The maximum Gasteiger partial charge on any atom is 0.123 e. The van der Waals surface area contributed by atoms with E-state index < -0.39 is 8.07 Å². The van der Waals surface area contributed by atoms with Crippen LogP contribution >= 0.6 is 0 Å². The van der Waals surface area contributed by atoms with Crippen LogP contribution in [0.5, 0.6) is 0 Å². The SMILES string of the molecule is C[C@@H](C=O)[C@H](/C=C/c1ccccc1)[Si](C)(C)c1ccccc1. The second-order valence-electron chi connectivity index (χ2n) is 6.38. The average Bonchev–Trinajstić information content (AvgIpc) is 2.56. The van der Waals surface area contributed by atoms with E-state index in [1.807, 2.05) is 31.2 Å². The molecule has 0 fully saturated rings. The summed E-state index contributed by atoms with van der Waals surface area (Å²) in [6.45, 7) is 6.73. The highest BCUT2D eigenvalue weighted by atomic mass is 28.3. The molecule has 1 nitrogen and oxygen atoms in total. The van der Waals surface area contributed by atoms with Crippen LogP contribution in [0.15, 0.2) is 66.7 Å². The van der Waals surface area contributed by atoms with Gasteiger partial charge in [-0.15, -0.1) is 0 Å². The second kappa shape index (κ2) is 7.37. The number of benzene rings is 2. The number of carbonyl (C=O) groups excluding carboxylic acids is 1. The van der Waals surface area contributed by atoms with Gasteiger partial charge in [-0.3, -0.25) is 0 Å². The van der Waals surface area contributed by atoms with Gasteiger partial charge in [-0.25, -0.2) is 0 Å². The molecule has 0 saturated heterocycles. The predicted molar refractivity (Wildman–Crippen MR) is 98.0 cm³/mol. The highest BCUT2D eigenvalue weighted by molar-refractivity contribution is 6.91. The van der Waals surface area contributed by atoms with Gasteiger partial charge in [0.2, 0.25) is 0 Å². The summed E-state index contributed by atoms with van der Waals surface area (Å²) in [5, 5.41) is 1.39. The molecule has 2 aromatic rings. The first-order chi connectivity index (χ1) is 10.6. The third-order valence-electron chi connectivity index (χ3n) is 4.43. The van der Waals surface area contributed by atoms with Crippen molar-refractivity contribution in [1.29, 1.82) is 0 Å². The number of allylic oxidation sites excluding steroid dienone is 1. The van der Waals surface area contributed by atoms with E-state index >= 15 is 0 Å². The van der Waals surface area contributed by atoms with Gasteiger partial charge in [-0.1, -0.05) is 98.0 Å². The van der Waals surface area contributed by atoms with Crippen molar-refractivity contribution >= 4 is 25.6 Å². The first kappa shape index (κ1) is 16.4. The number of carbonyl (C=O) groups is 1. The monoisotopic (exact) mass is 308 g/mol. The Labute approximate surface area is 134 Å². The van der Waals surface area contributed by atoms with Gasteiger partial charge in [-0.2, -0.15) is 0 Å². The van der Waals surface area contributed by atoms with Crippen LogP contribution in [0.2, 0.25) is 18.6 Å². The minimum absolute atomic E-state index is 0.0295. The van der Waals surface area contributed by atoms with Crippen molar-refractivity contribution in [1.82, 2.24) is 0 Å². The summed E-state index contributed by atoms with van der Waals surface area (Å²) in [6, 6.07) is 20.9. The van der Waals surface area contributed by atoms with Crippen molar-refractivity contribution < 1.29 is 4.79 Å². The summed E-state index contributed by atoms with van der Waals surface area (Å²) in [6.07, 6.45) is 5.49. The van der Waals surface area contributed by atoms with Crippen molar-refractivity contribution in [2.45, 2.75) is 25.6 Å². The number of aldehydes is 1. The Morgan fingerprint density at radius 2 is 1.45 bits per heavy atom. The molecule has 114 valence electrons. The van der Waals surface area contributed by atoms with Crippen LogP contribution in [-0.2, 0) is 4.79 Å². The van der Waals surface area contributed by atoms with Crippen molar-refractivity contribution in [2.75, 3.05) is 0 Å². The molecule has 0 spiro atoms. The van der Waals surface area contributed by atoms with Gasteiger partial charge >= 0.3 is 0 Å². The molecule has 0 aliphatic heterocycles. The average molecular weight is 308 g/mol. The van der Waals surface area contributed by atoms with Crippen LogP contribution < -0.4 is 5.19 Å². The van der Waals surface area contributed by atoms with Crippen molar-refractivity contribution in [3.63, 3.8) is 0 Å². The lowest BCUT2D eigenvalue weighted by Gasteiger charge is -2.33. The summed E-state index contributed by atoms with van der Waals surface area (Å²) >= 11 is 0. The molecule has 22 heavy (non-hydrogen) atoms. The highest BCUT2D eigenvalue weighted by Gasteiger charge is 2.35. The van der Waals surface area contributed by atoms with Crippen LogP contribution in [0.4, 0.5) is 0 Å². The molecule has 0 aliphatic carbocycles. The number of rotatable bonds is 6. The first-order valence-corrected chi connectivity index (χ1v) is 10.9. The van der Waals surface area contributed by atoms with Gasteiger partial charge in [0.1, 0.15) is 6.29 Å². The quantitative estimate of drug-likeness (QED) is 0.566. The molecule has 0 bridgehead atoms. The smallest absolute Gasteiger partial charge is 0.123 e. The van der Waals surface area contributed by atoms with Gasteiger partial charge < -0.3 is 4.79 Å². The zero-order valence-electron chi connectivity index (χ0n) is 13.6. The van der Waals surface area contributed by atoms with Crippen molar-refractivity contribution in [3.05, 3.63) is 72.3 Å². The maximum atomic E-state index is 11.4. The Bertz CT molecular complexity index is 617. The molecule has 0 saturated carbocycles. The fraction of sp³-hybridized carbons (Fsp3) is 0.250. The molecular formula is C20H24OSi. The molecule has 0 aliphatic rings. The Morgan fingerprint density at radius 1 is 0.909 bits per heavy atom. The molecule has 2 heteroatoms. The van der Waals surface area contributed by atoms with Crippen LogP contribution in [0, 0.1) is 5.92 Å². The molecule has 0 aromatic heterocycles. The van der Waals surface area contributed by atoms with E-state index in [9.17, 15) is 4.79 Å². The molecule has 0 radical (unpaired) electrons. The van der Waals surface area contributed by atoms with E-state index in [-0.39, 0.29) is 11.5 Å². The number of hydrogen-bond donors (Lipinski definition) is 0. The maximum absolute atomic E-state index is 11.4. The predicted octanol–water partition coefficient (Wildman–Crippen LogP) is 4.52. The largest absolute Gasteiger partial charge is 0.303 e. The van der Waals surface area contributed by atoms with E-state index in [2.05, 4.69) is 61.6 Å². The van der Waals surface area contributed by atoms with E-state index in [0.29, 0.717) is 0 Å². The summed E-state index contributed by atoms with van der Waals surface area (Å²) in [5.41, 5.74) is 1.47. The van der Waals surface area contributed by atoms with Crippen LogP contribution in [0.1, 0.15) is 12.5 Å². The zero-order valence-corrected chi connectivity index (χ0v) is 14.6. The minimum Gasteiger partial charge on any atom is -0.303 e. The Balaban J connectivity index is 2.34. The van der Waals surface area contributed by atoms with Crippen molar-refractivity contribution in [2.24, 2.45) is 5.92 Å². The van der Waals surface area contributed by atoms with Crippen LogP contribution in [0.25, 0.3) is 6.08 Å². The van der Waals surface area contributed by atoms with Gasteiger partial charge in [0.25, 0.3) is 0 Å². The molecule has 0 heterocycles. The van der Waals surface area contributed by atoms with Gasteiger partial charge in [0.05, 0.1) is 8.07 Å². The van der Waals surface area contributed by atoms with Crippen LogP contribution in [-0.4, -0.2) is 14.4 Å². The standard InChI is InChI=1S/C20H24OSi/c1-17(16-21)20(15-14-18-10-6-4-7-11-18)22(2,3)19-12-8-5-9-13-19/h4-17,20H,1-3H3/b15-14+/t17-,20-/m0/s1. The Morgan fingerprint density at radius 3 is 2.00 bits per heavy atom. The Hall–Kier alpha value is -1.93. The normalized spacial score (nSPS) is 14.7. The molecular weight excluding hydrogens is 284 g/mol. The van der Waals surface area contributed by atoms with Crippen LogP contribution in [0.3, 0.4) is 0 Å². The molecule has 0 N–H and O–H groups in total. The topological polar surface area (TPSA) is 17.1 Å². The van der Waals surface area contributed by atoms with E-state index in [4.69, 9.17) is 0 Å². The first-order valence-electron chi connectivity index (χ1n) is 7.80. The third kappa shape index (κ3) is 3.83. The lowest BCUT2D eigenvalue weighted by Crippen LogP contribution is -2.47.